The fourth-order valence-corrected chi connectivity index (χ4v) is 2.87. The molecule has 0 spiro atoms. The zero-order valence-electron chi connectivity index (χ0n) is 14.9. The fourth-order valence-electron chi connectivity index (χ4n) is 2.87. The van der Waals surface area contributed by atoms with Gasteiger partial charge in [-0.3, -0.25) is 9.89 Å². The second-order valence-electron chi connectivity index (χ2n) is 6.13. The predicted octanol–water partition coefficient (Wildman–Crippen LogP) is 2.09. The van der Waals surface area contributed by atoms with Crippen molar-refractivity contribution in [3.05, 3.63) is 0 Å². The Morgan fingerprint density at radius 1 is 1.14 bits per heavy atom. The van der Waals surface area contributed by atoms with Gasteiger partial charge >= 0.3 is 0 Å². The second kappa shape index (κ2) is 12.7. The summed E-state index contributed by atoms with van der Waals surface area (Å²) in [4.78, 5) is 6.77. The Hall–Kier alpha value is -0.810. The van der Waals surface area contributed by atoms with Gasteiger partial charge < -0.3 is 15.4 Å². The molecule has 1 aliphatic heterocycles. The van der Waals surface area contributed by atoms with E-state index in [2.05, 4.69) is 34.4 Å². The van der Waals surface area contributed by atoms with E-state index in [1.807, 2.05) is 7.05 Å². The quantitative estimate of drug-likeness (QED) is 0.479. The summed E-state index contributed by atoms with van der Waals surface area (Å²) in [6.07, 6.45) is 6.50. The summed E-state index contributed by atoms with van der Waals surface area (Å²) >= 11 is 0. The summed E-state index contributed by atoms with van der Waals surface area (Å²) in [6, 6.07) is 0. The van der Waals surface area contributed by atoms with Crippen LogP contribution in [-0.2, 0) is 4.74 Å². The molecule has 0 saturated carbocycles. The summed E-state index contributed by atoms with van der Waals surface area (Å²) in [5.74, 6) is 1.70. The highest BCUT2D eigenvalue weighted by Crippen LogP contribution is 2.13. The molecule has 22 heavy (non-hydrogen) atoms. The van der Waals surface area contributed by atoms with E-state index in [1.54, 1.807) is 0 Å². The van der Waals surface area contributed by atoms with Crippen LogP contribution in [0.25, 0.3) is 0 Å². The largest absolute Gasteiger partial charge is 0.379 e. The standard InChI is InChI=1S/C17H36N4O/c1-4-6-8-16(7-5-2)15-20-17(18-3)19-9-10-21-11-13-22-14-12-21/h16H,4-15H2,1-3H3,(H2,18,19,20). The van der Waals surface area contributed by atoms with Crippen LogP contribution in [0, 0.1) is 5.92 Å². The Morgan fingerprint density at radius 2 is 1.91 bits per heavy atom. The van der Waals surface area contributed by atoms with Crippen LogP contribution in [-0.4, -0.2) is 63.8 Å². The first-order valence-corrected chi connectivity index (χ1v) is 9.04. The van der Waals surface area contributed by atoms with E-state index in [1.165, 1.54) is 32.1 Å². The number of rotatable bonds is 10. The van der Waals surface area contributed by atoms with Crippen LogP contribution in [0.4, 0.5) is 0 Å². The lowest BCUT2D eigenvalue weighted by molar-refractivity contribution is 0.0389. The Bertz CT molecular complexity index is 290. The maximum Gasteiger partial charge on any atom is 0.191 e. The molecule has 130 valence electrons. The van der Waals surface area contributed by atoms with Gasteiger partial charge in [0, 0.05) is 39.8 Å². The molecule has 2 N–H and O–H groups in total. The number of hydrogen-bond acceptors (Lipinski definition) is 3. The van der Waals surface area contributed by atoms with E-state index in [4.69, 9.17) is 4.74 Å². The lowest BCUT2D eigenvalue weighted by Gasteiger charge is -2.27. The zero-order valence-corrected chi connectivity index (χ0v) is 14.9. The van der Waals surface area contributed by atoms with Gasteiger partial charge in [-0.2, -0.15) is 0 Å². The van der Waals surface area contributed by atoms with Crippen LogP contribution in [0.5, 0.6) is 0 Å². The average Bonchev–Trinajstić information content (AvgIpc) is 2.56. The molecule has 0 aromatic heterocycles. The first kappa shape index (κ1) is 19.2. The van der Waals surface area contributed by atoms with Gasteiger partial charge in [0.05, 0.1) is 13.2 Å². The number of nitrogens with one attached hydrogen (secondary N) is 2. The minimum Gasteiger partial charge on any atom is -0.379 e. The van der Waals surface area contributed by atoms with E-state index < -0.39 is 0 Å². The molecule has 0 amide bonds. The molecular weight excluding hydrogens is 276 g/mol. The summed E-state index contributed by atoms with van der Waals surface area (Å²) in [5, 5.41) is 6.92. The number of unbranched alkanes of at least 4 members (excludes halogenated alkanes) is 1. The molecule has 1 heterocycles. The van der Waals surface area contributed by atoms with Crippen molar-refractivity contribution < 1.29 is 4.74 Å². The molecule has 0 aliphatic carbocycles. The topological polar surface area (TPSA) is 48.9 Å². The van der Waals surface area contributed by atoms with Crippen molar-refractivity contribution in [2.45, 2.75) is 46.0 Å². The second-order valence-corrected chi connectivity index (χ2v) is 6.13. The van der Waals surface area contributed by atoms with Gasteiger partial charge in [-0.05, 0) is 18.8 Å². The third-order valence-corrected chi connectivity index (χ3v) is 4.27. The molecule has 1 saturated heterocycles. The van der Waals surface area contributed by atoms with Crippen LogP contribution in [0.1, 0.15) is 46.0 Å². The maximum absolute atomic E-state index is 5.37. The molecule has 0 aromatic carbocycles. The molecule has 5 nitrogen and oxygen atoms in total. The van der Waals surface area contributed by atoms with Crippen molar-refractivity contribution >= 4 is 5.96 Å². The van der Waals surface area contributed by atoms with Gasteiger partial charge in [-0.25, -0.2) is 0 Å². The molecular formula is C17H36N4O. The molecule has 0 bridgehead atoms. The van der Waals surface area contributed by atoms with E-state index in [-0.39, 0.29) is 0 Å². The number of morpholine rings is 1. The van der Waals surface area contributed by atoms with Crippen molar-refractivity contribution in [2.75, 3.05) is 53.0 Å². The first-order valence-electron chi connectivity index (χ1n) is 9.04. The summed E-state index contributed by atoms with van der Waals surface area (Å²) in [6.45, 7) is 11.4. The Kier molecular flexibility index (Phi) is 11.1. The number of aliphatic imine (C=N–C) groups is 1. The Morgan fingerprint density at radius 3 is 2.55 bits per heavy atom. The third kappa shape index (κ3) is 8.59. The van der Waals surface area contributed by atoms with Crippen molar-refractivity contribution in [3.63, 3.8) is 0 Å². The van der Waals surface area contributed by atoms with Gasteiger partial charge in [0.1, 0.15) is 0 Å². The number of hydrogen-bond donors (Lipinski definition) is 2. The van der Waals surface area contributed by atoms with E-state index in [0.29, 0.717) is 0 Å². The number of guanidine groups is 1. The Labute approximate surface area is 136 Å². The molecule has 1 rings (SSSR count). The molecule has 1 aliphatic rings. The smallest absolute Gasteiger partial charge is 0.191 e. The van der Waals surface area contributed by atoms with Crippen LogP contribution in [0.2, 0.25) is 0 Å². The summed E-state index contributed by atoms with van der Waals surface area (Å²) in [5.41, 5.74) is 0. The number of nitrogens with zero attached hydrogens (tertiary/aromatic N) is 2. The van der Waals surface area contributed by atoms with Crippen molar-refractivity contribution in [1.82, 2.24) is 15.5 Å². The minimum absolute atomic E-state index is 0.766. The first-order chi connectivity index (χ1) is 10.8. The molecule has 1 unspecified atom stereocenters. The van der Waals surface area contributed by atoms with Crippen LogP contribution in [0.3, 0.4) is 0 Å². The monoisotopic (exact) mass is 312 g/mol. The average molecular weight is 313 g/mol. The highest BCUT2D eigenvalue weighted by atomic mass is 16.5. The highest BCUT2D eigenvalue weighted by molar-refractivity contribution is 5.79. The Balaban J connectivity index is 2.19. The fraction of sp³-hybridized carbons (Fsp3) is 0.941. The minimum atomic E-state index is 0.766. The SMILES string of the molecule is CCCCC(CCC)CNC(=NC)NCCN1CCOCC1. The molecule has 1 atom stereocenters. The van der Waals surface area contributed by atoms with Gasteiger partial charge in [0.15, 0.2) is 5.96 Å². The van der Waals surface area contributed by atoms with Gasteiger partial charge in [0.25, 0.3) is 0 Å². The van der Waals surface area contributed by atoms with Crippen LogP contribution >= 0.6 is 0 Å². The molecule has 5 heteroatoms. The number of ether oxygens (including phenoxy) is 1. The van der Waals surface area contributed by atoms with E-state index >= 15 is 0 Å². The lowest BCUT2D eigenvalue weighted by Crippen LogP contribution is -2.45. The van der Waals surface area contributed by atoms with E-state index in [9.17, 15) is 0 Å². The van der Waals surface area contributed by atoms with Gasteiger partial charge in [-0.15, -0.1) is 0 Å². The van der Waals surface area contributed by atoms with Crippen molar-refractivity contribution in [3.8, 4) is 0 Å². The highest BCUT2D eigenvalue weighted by Gasteiger charge is 2.11. The summed E-state index contributed by atoms with van der Waals surface area (Å²) < 4.78 is 5.37. The zero-order chi connectivity index (χ0) is 16.0. The van der Waals surface area contributed by atoms with Crippen LogP contribution in [0.15, 0.2) is 4.99 Å². The van der Waals surface area contributed by atoms with Crippen LogP contribution < -0.4 is 10.6 Å². The molecule has 1 fully saturated rings. The normalized spacial score (nSPS) is 18.2. The molecule has 0 radical (unpaired) electrons. The van der Waals surface area contributed by atoms with Gasteiger partial charge in [0.2, 0.25) is 0 Å². The third-order valence-electron chi connectivity index (χ3n) is 4.27. The van der Waals surface area contributed by atoms with E-state index in [0.717, 1.165) is 57.8 Å². The lowest BCUT2D eigenvalue weighted by atomic mass is 9.97. The molecule has 0 aromatic rings. The predicted molar refractivity (Wildman–Crippen MR) is 94.5 cm³/mol. The summed E-state index contributed by atoms with van der Waals surface area (Å²) in [7, 11) is 1.85. The van der Waals surface area contributed by atoms with Gasteiger partial charge in [-0.1, -0.05) is 33.1 Å². The maximum atomic E-state index is 5.37. The van der Waals surface area contributed by atoms with Crippen molar-refractivity contribution in [2.24, 2.45) is 10.9 Å². The van der Waals surface area contributed by atoms with Crippen molar-refractivity contribution in [1.29, 1.82) is 0 Å².